The SMILES string of the molecule is COc1ccc(Cn2cccc2CN2CCc3nc(-c4ccc(N)cc4)ncc3C2)cc1. The summed E-state index contributed by atoms with van der Waals surface area (Å²) in [4.78, 5) is 11.9. The van der Waals surface area contributed by atoms with Gasteiger partial charge in [0.1, 0.15) is 5.75 Å². The number of hydrogen-bond acceptors (Lipinski definition) is 5. The molecule has 0 bridgehead atoms. The average molecular weight is 426 g/mol. The van der Waals surface area contributed by atoms with E-state index in [1.54, 1.807) is 7.11 Å². The predicted octanol–water partition coefficient (Wildman–Crippen LogP) is 4.14. The first-order valence-corrected chi connectivity index (χ1v) is 10.9. The van der Waals surface area contributed by atoms with E-state index in [4.69, 9.17) is 15.5 Å². The molecule has 1 aliphatic heterocycles. The highest BCUT2D eigenvalue weighted by molar-refractivity contribution is 5.58. The quantitative estimate of drug-likeness (QED) is 0.470. The maximum absolute atomic E-state index is 5.80. The zero-order chi connectivity index (χ0) is 21.9. The lowest BCUT2D eigenvalue weighted by molar-refractivity contribution is 0.237. The van der Waals surface area contributed by atoms with Crippen LogP contribution in [0.1, 0.15) is 22.5 Å². The van der Waals surface area contributed by atoms with E-state index in [1.165, 1.54) is 16.8 Å². The third-order valence-electron chi connectivity index (χ3n) is 6.00. The van der Waals surface area contributed by atoms with E-state index in [2.05, 4.69) is 44.9 Å². The van der Waals surface area contributed by atoms with Crippen LogP contribution < -0.4 is 10.5 Å². The molecule has 32 heavy (non-hydrogen) atoms. The van der Waals surface area contributed by atoms with E-state index in [0.29, 0.717) is 0 Å². The molecule has 0 spiro atoms. The zero-order valence-corrected chi connectivity index (χ0v) is 18.2. The monoisotopic (exact) mass is 425 g/mol. The van der Waals surface area contributed by atoms with Crippen LogP contribution in [-0.2, 0) is 26.1 Å². The average Bonchev–Trinajstić information content (AvgIpc) is 3.26. The Morgan fingerprint density at radius 1 is 1.00 bits per heavy atom. The molecule has 4 aromatic rings. The molecular formula is C26H27N5O. The highest BCUT2D eigenvalue weighted by Gasteiger charge is 2.20. The fraction of sp³-hybridized carbons (Fsp3) is 0.231. The van der Waals surface area contributed by atoms with Gasteiger partial charge in [0.2, 0.25) is 0 Å². The van der Waals surface area contributed by atoms with Crippen molar-refractivity contribution in [1.29, 1.82) is 0 Å². The number of ether oxygens (including phenoxy) is 1. The molecule has 0 fully saturated rings. The molecule has 2 aromatic heterocycles. The molecule has 3 heterocycles. The lowest BCUT2D eigenvalue weighted by Crippen LogP contribution is -2.31. The van der Waals surface area contributed by atoms with Crippen LogP contribution in [-0.4, -0.2) is 33.1 Å². The Morgan fingerprint density at radius 2 is 1.81 bits per heavy atom. The minimum Gasteiger partial charge on any atom is -0.497 e. The van der Waals surface area contributed by atoms with Crippen molar-refractivity contribution < 1.29 is 4.74 Å². The summed E-state index contributed by atoms with van der Waals surface area (Å²) < 4.78 is 7.58. The number of aromatic nitrogens is 3. The number of methoxy groups -OCH3 is 1. The van der Waals surface area contributed by atoms with Gasteiger partial charge >= 0.3 is 0 Å². The molecule has 0 saturated carbocycles. The van der Waals surface area contributed by atoms with Gasteiger partial charge in [-0.1, -0.05) is 12.1 Å². The fourth-order valence-corrected chi connectivity index (χ4v) is 4.18. The topological polar surface area (TPSA) is 69.2 Å². The lowest BCUT2D eigenvalue weighted by atomic mass is 10.1. The molecule has 0 amide bonds. The summed E-state index contributed by atoms with van der Waals surface area (Å²) in [6.45, 7) is 3.61. The van der Waals surface area contributed by atoms with E-state index in [0.717, 1.165) is 61.1 Å². The van der Waals surface area contributed by atoms with Crippen LogP contribution in [0.4, 0.5) is 5.69 Å². The van der Waals surface area contributed by atoms with Crippen LogP contribution in [0.15, 0.2) is 73.1 Å². The summed E-state index contributed by atoms with van der Waals surface area (Å²) in [5, 5.41) is 0. The zero-order valence-electron chi connectivity index (χ0n) is 18.2. The van der Waals surface area contributed by atoms with Gasteiger partial charge < -0.3 is 15.0 Å². The molecule has 5 rings (SSSR count). The van der Waals surface area contributed by atoms with Crippen molar-refractivity contribution in [2.75, 3.05) is 19.4 Å². The van der Waals surface area contributed by atoms with Crippen molar-refractivity contribution in [2.45, 2.75) is 26.1 Å². The largest absolute Gasteiger partial charge is 0.497 e. The fourth-order valence-electron chi connectivity index (χ4n) is 4.18. The summed E-state index contributed by atoms with van der Waals surface area (Å²) in [6, 6.07) is 20.3. The van der Waals surface area contributed by atoms with E-state index in [9.17, 15) is 0 Å². The first-order valence-electron chi connectivity index (χ1n) is 10.9. The van der Waals surface area contributed by atoms with Crippen molar-refractivity contribution in [3.63, 3.8) is 0 Å². The summed E-state index contributed by atoms with van der Waals surface area (Å²) in [5.74, 6) is 1.65. The van der Waals surface area contributed by atoms with Crippen LogP contribution in [0.25, 0.3) is 11.4 Å². The van der Waals surface area contributed by atoms with Crippen molar-refractivity contribution >= 4 is 5.69 Å². The lowest BCUT2D eigenvalue weighted by Gasteiger charge is -2.28. The van der Waals surface area contributed by atoms with Crippen LogP contribution >= 0.6 is 0 Å². The van der Waals surface area contributed by atoms with Crippen molar-refractivity contribution in [1.82, 2.24) is 19.4 Å². The van der Waals surface area contributed by atoms with Gasteiger partial charge in [0, 0.05) is 67.5 Å². The van der Waals surface area contributed by atoms with Gasteiger partial charge in [0.05, 0.1) is 12.8 Å². The first kappa shape index (κ1) is 20.3. The molecule has 2 aromatic carbocycles. The normalized spacial score (nSPS) is 13.7. The Balaban J connectivity index is 1.27. The maximum Gasteiger partial charge on any atom is 0.159 e. The standard InChI is InChI=1S/C26H27N5O/c1-32-24-10-4-19(5-11-24)16-31-13-2-3-23(31)18-30-14-12-25-21(17-30)15-28-26(29-25)20-6-8-22(27)9-7-20/h2-11,13,15H,12,14,16-18,27H2,1H3. The molecule has 162 valence electrons. The van der Waals surface area contributed by atoms with Crippen LogP contribution in [0.3, 0.4) is 0 Å². The number of anilines is 1. The Morgan fingerprint density at radius 3 is 2.59 bits per heavy atom. The number of benzene rings is 2. The van der Waals surface area contributed by atoms with Crippen LogP contribution in [0.2, 0.25) is 0 Å². The predicted molar refractivity (Wildman–Crippen MR) is 126 cm³/mol. The second-order valence-corrected chi connectivity index (χ2v) is 8.22. The highest BCUT2D eigenvalue weighted by Crippen LogP contribution is 2.23. The highest BCUT2D eigenvalue weighted by atomic mass is 16.5. The van der Waals surface area contributed by atoms with E-state index in [1.807, 2.05) is 42.6 Å². The molecule has 1 aliphatic rings. The minimum atomic E-state index is 0.749. The van der Waals surface area contributed by atoms with E-state index in [-0.39, 0.29) is 0 Å². The van der Waals surface area contributed by atoms with E-state index < -0.39 is 0 Å². The second kappa shape index (κ2) is 8.85. The summed E-state index contributed by atoms with van der Waals surface area (Å²) >= 11 is 0. The Hall–Kier alpha value is -3.64. The van der Waals surface area contributed by atoms with E-state index >= 15 is 0 Å². The molecular weight excluding hydrogens is 398 g/mol. The Bertz CT molecular complexity index is 1200. The second-order valence-electron chi connectivity index (χ2n) is 8.22. The molecule has 6 heteroatoms. The molecule has 2 N–H and O–H groups in total. The maximum atomic E-state index is 5.80. The molecule has 0 atom stereocenters. The summed E-state index contributed by atoms with van der Waals surface area (Å²) in [6.07, 6.45) is 5.06. The van der Waals surface area contributed by atoms with Gasteiger partial charge in [-0.05, 0) is 54.1 Å². The summed E-state index contributed by atoms with van der Waals surface area (Å²) in [5.41, 5.74) is 12.5. The molecule has 0 unspecified atom stereocenters. The first-order chi connectivity index (χ1) is 15.7. The number of nitrogens with two attached hydrogens (primary N) is 1. The number of hydrogen-bond donors (Lipinski definition) is 1. The smallest absolute Gasteiger partial charge is 0.159 e. The number of nitrogens with zero attached hydrogens (tertiary/aromatic N) is 4. The number of nitrogen functional groups attached to an aromatic ring is 1. The third-order valence-corrected chi connectivity index (χ3v) is 6.00. The molecule has 6 nitrogen and oxygen atoms in total. The van der Waals surface area contributed by atoms with Gasteiger partial charge in [-0.25, -0.2) is 9.97 Å². The van der Waals surface area contributed by atoms with Gasteiger partial charge in [0.15, 0.2) is 5.82 Å². The number of fused-ring (bicyclic) bond motifs is 1. The Labute approximate surface area is 188 Å². The molecule has 0 aliphatic carbocycles. The van der Waals surface area contributed by atoms with Gasteiger partial charge in [0.25, 0.3) is 0 Å². The minimum absolute atomic E-state index is 0.749. The van der Waals surface area contributed by atoms with Gasteiger partial charge in [-0.3, -0.25) is 4.90 Å². The van der Waals surface area contributed by atoms with Crippen molar-refractivity contribution in [2.24, 2.45) is 0 Å². The molecule has 0 saturated heterocycles. The summed E-state index contributed by atoms with van der Waals surface area (Å²) in [7, 11) is 1.69. The Kier molecular flexibility index (Phi) is 5.60. The van der Waals surface area contributed by atoms with Crippen LogP contribution in [0.5, 0.6) is 5.75 Å². The van der Waals surface area contributed by atoms with Gasteiger partial charge in [-0.2, -0.15) is 0 Å². The van der Waals surface area contributed by atoms with Crippen molar-refractivity contribution in [3.05, 3.63) is 95.6 Å². The number of rotatable bonds is 6. The van der Waals surface area contributed by atoms with Crippen LogP contribution in [0, 0.1) is 0 Å². The third kappa shape index (κ3) is 4.36. The molecule has 0 radical (unpaired) electrons. The van der Waals surface area contributed by atoms with Gasteiger partial charge in [-0.15, -0.1) is 0 Å². The van der Waals surface area contributed by atoms with Crippen molar-refractivity contribution in [3.8, 4) is 17.1 Å².